The van der Waals surface area contributed by atoms with E-state index in [1.807, 2.05) is 24.3 Å². The van der Waals surface area contributed by atoms with E-state index in [4.69, 9.17) is 27.3 Å². The third kappa shape index (κ3) is 3.71. The van der Waals surface area contributed by atoms with Gasteiger partial charge in [-0.25, -0.2) is 9.97 Å². The summed E-state index contributed by atoms with van der Waals surface area (Å²) in [5, 5.41) is 1.77. The number of aromatic nitrogens is 2. The minimum atomic E-state index is -0.297. The molecule has 0 saturated carbocycles. The monoisotopic (exact) mass is 432 g/mol. The van der Waals surface area contributed by atoms with Gasteiger partial charge in [0.1, 0.15) is 22.5 Å². The molecule has 0 spiro atoms. The second-order valence-electron chi connectivity index (χ2n) is 6.92. The fraction of sp³-hybridized carbons (Fsp3) is 0.350. The number of anilines is 1. The molecule has 1 aliphatic heterocycles. The lowest BCUT2D eigenvalue weighted by Gasteiger charge is -2.24. The van der Waals surface area contributed by atoms with Crippen molar-refractivity contribution in [1.29, 1.82) is 0 Å². The second-order valence-corrected chi connectivity index (χ2v) is 9.61. The van der Waals surface area contributed by atoms with Crippen molar-refractivity contribution in [2.45, 2.75) is 43.4 Å². The van der Waals surface area contributed by atoms with E-state index in [0.717, 1.165) is 51.2 Å². The number of fused-ring (bicyclic) bond motifs is 1. The Morgan fingerprint density at radius 1 is 1.32 bits per heavy atom. The van der Waals surface area contributed by atoms with Crippen LogP contribution in [0.1, 0.15) is 29.1 Å². The minimum Gasteiger partial charge on any atom is -0.368 e. The highest BCUT2D eigenvalue weighted by Crippen LogP contribution is 2.38. The first-order valence-electron chi connectivity index (χ1n) is 9.15. The standard InChI is InChI=1S/C20H21ClN4OS2/c1-11-12(2)28-20-17(11)19(25-9-3-4-15(25)18(22)26)23-16(24-20)10-27-14-7-5-13(21)6-8-14/h5-8,15H,3-4,9-10H2,1-2H3,(H2,22,26)/t15-/m0/s1. The van der Waals surface area contributed by atoms with Gasteiger partial charge in [0, 0.05) is 21.3 Å². The minimum absolute atomic E-state index is 0.286. The summed E-state index contributed by atoms with van der Waals surface area (Å²) in [5.41, 5.74) is 6.84. The van der Waals surface area contributed by atoms with Crippen molar-refractivity contribution in [1.82, 2.24) is 9.97 Å². The molecule has 0 radical (unpaired) electrons. The average molecular weight is 433 g/mol. The van der Waals surface area contributed by atoms with Crippen LogP contribution in [0.15, 0.2) is 29.2 Å². The molecule has 0 aliphatic carbocycles. The molecule has 1 amide bonds. The maximum Gasteiger partial charge on any atom is 0.240 e. The van der Waals surface area contributed by atoms with E-state index in [1.54, 1.807) is 23.1 Å². The fourth-order valence-electron chi connectivity index (χ4n) is 3.54. The molecule has 1 fully saturated rings. The van der Waals surface area contributed by atoms with Gasteiger partial charge in [0.2, 0.25) is 5.91 Å². The van der Waals surface area contributed by atoms with Crippen LogP contribution in [0.4, 0.5) is 5.82 Å². The van der Waals surface area contributed by atoms with Crippen LogP contribution < -0.4 is 10.6 Å². The van der Waals surface area contributed by atoms with Crippen molar-refractivity contribution in [3.63, 3.8) is 0 Å². The average Bonchev–Trinajstić information content (AvgIpc) is 3.26. The zero-order valence-corrected chi connectivity index (χ0v) is 18.1. The van der Waals surface area contributed by atoms with Crippen LogP contribution in [0.25, 0.3) is 10.2 Å². The van der Waals surface area contributed by atoms with E-state index >= 15 is 0 Å². The molecule has 2 N–H and O–H groups in total. The molecule has 8 heteroatoms. The first-order chi connectivity index (χ1) is 13.4. The number of benzene rings is 1. The number of amides is 1. The summed E-state index contributed by atoms with van der Waals surface area (Å²) in [6.45, 7) is 4.99. The van der Waals surface area contributed by atoms with Gasteiger partial charge in [-0.2, -0.15) is 0 Å². The molecule has 1 atom stereocenters. The number of carbonyl (C=O) groups excluding carboxylic acids is 1. The molecule has 1 aliphatic rings. The fourth-order valence-corrected chi connectivity index (χ4v) is 5.46. The van der Waals surface area contributed by atoms with E-state index in [2.05, 4.69) is 18.7 Å². The molecule has 4 rings (SSSR count). The Hall–Kier alpha value is -1.83. The largest absolute Gasteiger partial charge is 0.368 e. The molecule has 1 saturated heterocycles. The Kier molecular flexibility index (Phi) is 5.49. The number of rotatable bonds is 5. The maximum absolute atomic E-state index is 12.0. The first-order valence-corrected chi connectivity index (χ1v) is 11.3. The number of hydrogen-bond acceptors (Lipinski definition) is 6. The third-order valence-corrected chi connectivity index (χ3v) is 7.45. The molecular formula is C20H21ClN4OS2. The van der Waals surface area contributed by atoms with Crippen LogP contribution in [0.3, 0.4) is 0 Å². The molecular weight excluding hydrogens is 412 g/mol. The zero-order chi connectivity index (χ0) is 19.8. The first kappa shape index (κ1) is 19.5. The molecule has 1 aromatic carbocycles. The second kappa shape index (κ2) is 7.89. The lowest BCUT2D eigenvalue weighted by Crippen LogP contribution is -2.41. The number of thioether (sulfide) groups is 1. The number of carbonyl (C=O) groups is 1. The van der Waals surface area contributed by atoms with Gasteiger partial charge < -0.3 is 10.6 Å². The van der Waals surface area contributed by atoms with Crippen molar-refractivity contribution < 1.29 is 4.79 Å². The molecule has 0 bridgehead atoms. The van der Waals surface area contributed by atoms with Gasteiger partial charge >= 0.3 is 0 Å². The van der Waals surface area contributed by atoms with Crippen molar-refractivity contribution in [3.8, 4) is 0 Å². The van der Waals surface area contributed by atoms with E-state index in [-0.39, 0.29) is 11.9 Å². The zero-order valence-electron chi connectivity index (χ0n) is 15.7. The Morgan fingerprint density at radius 3 is 2.79 bits per heavy atom. The SMILES string of the molecule is Cc1sc2nc(CSc3ccc(Cl)cc3)nc(N3CCC[C@H]3C(N)=O)c2c1C. The van der Waals surface area contributed by atoms with Gasteiger partial charge in [0.05, 0.1) is 11.1 Å². The van der Waals surface area contributed by atoms with Crippen molar-refractivity contribution >= 4 is 56.6 Å². The van der Waals surface area contributed by atoms with Crippen LogP contribution in [-0.2, 0) is 10.5 Å². The lowest BCUT2D eigenvalue weighted by molar-refractivity contribution is -0.119. The van der Waals surface area contributed by atoms with Gasteiger partial charge in [-0.1, -0.05) is 11.6 Å². The van der Waals surface area contributed by atoms with Gasteiger partial charge in [-0.3, -0.25) is 4.79 Å². The number of aryl methyl sites for hydroxylation is 2. The van der Waals surface area contributed by atoms with Crippen LogP contribution in [0, 0.1) is 13.8 Å². The van der Waals surface area contributed by atoms with Crippen LogP contribution >= 0.6 is 34.7 Å². The Bertz CT molecular complexity index is 1030. The summed E-state index contributed by atoms with van der Waals surface area (Å²) in [6, 6.07) is 7.46. The van der Waals surface area contributed by atoms with E-state index in [9.17, 15) is 4.79 Å². The normalized spacial score (nSPS) is 16.8. The van der Waals surface area contributed by atoms with Gasteiger partial charge in [0.25, 0.3) is 0 Å². The number of halogens is 1. The summed E-state index contributed by atoms with van der Waals surface area (Å²) >= 11 is 9.32. The summed E-state index contributed by atoms with van der Waals surface area (Å²) in [6.07, 6.45) is 1.72. The predicted octanol–water partition coefficient (Wildman–Crippen LogP) is 4.71. The number of primary amides is 1. The van der Waals surface area contributed by atoms with E-state index in [1.165, 1.54) is 10.4 Å². The summed E-state index contributed by atoms with van der Waals surface area (Å²) < 4.78 is 0. The van der Waals surface area contributed by atoms with Crippen molar-refractivity contribution in [3.05, 3.63) is 45.6 Å². The molecule has 28 heavy (non-hydrogen) atoms. The van der Waals surface area contributed by atoms with Crippen LogP contribution in [-0.4, -0.2) is 28.5 Å². The van der Waals surface area contributed by atoms with Crippen molar-refractivity contribution in [2.24, 2.45) is 5.73 Å². The summed E-state index contributed by atoms with van der Waals surface area (Å²) in [5.74, 6) is 1.97. The van der Waals surface area contributed by atoms with Gasteiger partial charge in [0.15, 0.2) is 0 Å². The molecule has 0 unspecified atom stereocenters. The highest BCUT2D eigenvalue weighted by Gasteiger charge is 2.32. The van der Waals surface area contributed by atoms with Gasteiger partial charge in [-0.05, 0) is 56.5 Å². The Morgan fingerprint density at radius 2 is 2.07 bits per heavy atom. The molecule has 5 nitrogen and oxygen atoms in total. The number of nitrogens with zero attached hydrogens (tertiary/aromatic N) is 3. The number of thiophene rings is 1. The molecule has 146 valence electrons. The number of hydrogen-bond donors (Lipinski definition) is 1. The number of nitrogens with two attached hydrogens (primary N) is 1. The van der Waals surface area contributed by atoms with E-state index in [0.29, 0.717) is 5.75 Å². The Balaban J connectivity index is 1.72. The quantitative estimate of drug-likeness (QED) is 0.591. The van der Waals surface area contributed by atoms with Crippen LogP contribution in [0.5, 0.6) is 0 Å². The predicted molar refractivity (Wildman–Crippen MR) is 117 cm³/mol. The van der Waals surface area contributed by atoms with Crippen LogP contribution in [0.2, 0.25) is 5.02 Å². The van der Waals surface area contributed by atoms with Crippen molar-refractivity contribution in [2.75, 3.05) is 11.4 Å². The van der Waals surface area contributed by atoms with E-state index < -0.39 is 0 Å². The lowest BCUT2D eigenvalue weighted by atomic mass is 10.1. The Labute approximate surface area is 177 Å². The molecule has 3 aromatic rings. The summed E-state index contributed by atoms with van der Waals surface area (Å²) in [7, 11) is 0. The molecule has 3 heterocycles. The maximum atomic E-state index is 12.0. The highest BCUT2D eigenvalue weighted by molar-refractivity contribution is 7.98. The molecule has 2 aromatic heterocycles. The topological polar surface area (TPSA) is 72.1 Å². The highest BCUT2D eigenvalue weighted by atomic mass is 35.5. The third-order valence-electron chi connectivity index (χ3n) is 5.09. The smallest absolute Gasteiger partial charge is 0.240 e. The summed E-state index contributed by atoms with van der Waals surface area (Å²) in [4.78, 5) is 27.0. The van der Waals surface area contributed by atoms with Gasteiger partial charge in [-0.15, -0.1) is 23.1 Å².